The summed E-state index contributed by atoms with van der Waals surface area (Å²) in [5.74, 6) is -1.12. The zero-order valence-electron chi connectivity index (χ0n) is 26.5. The third-order valence-corrected chi connectivity index (χ3v) is 8.10. The molecule has 2 aromatic rings. The number of fused-ring (bicyclic) bond motifs is 1. The smallest absolute Gasteiger partial charge is 0.408 e. The average molecular weight is 622 g/mol. The first kappa shape index (κ1) is 33.9. The number of alkyl carbamates (subject to hydrolysis) is 1. The van der Waals surface area contributed by atoms with Gasteiger partial charge < -0.3 is 36.4 Å². The van der Waals surface area contributed by atoms with Crippen molar-refractivity contribution in [1.29, 1.82) is 0 Å². The van der Waals surface area contributed by atoms with Crippen LogP contribution in [0.3, 0.4) is 0 Å². The number of likely N-dealkylation sites (tertiary alicyclic amines) is 1. The molecule has 1 aliphatic carbocycles. The minimum absolute atomic E-state index is 0.0662. The highest BCUT2D eigenvalue weighted by Crippen LogP contribution is 2.27. The Kier molecular flexibility index (Phi) is 11.6. The van der Waals surface area contributed by atoms with Gasteiger partial charge in [-0.2, -0.15) is 0 Å². The van der Waals surface area contributed by atoms with Crippen molar-refractivity contribution in [1.82, 2.24) is 15.5 Å². The molecule has 45 heavy (non-hydrogen) atoms. The van der Waals surface area contributed by atoms with E-state index in [1.54, 1.807) is 20.8 Å². The summed E-state index contributed by atoms with van der Waals surface area (Å²) < 4.78 is 5.36. The number of amides is 4. The standard InChI is InChI=1S/C34H47N5O6/c1-34(2,3)45-33(44)38-28(19-27(40)20-35)32(43)39-21-26(36-30(41)14-7-11-22-9-5-4-6-10-22)18-29(39)31(42)37-25-16-15-23-12-8-13-24(23)17-25/h4-6,9-10,15-17,26-29,40H,7-8,11-14,18-21,35H2,1-3H3,(H,36,41)(H,37,42)(H,38,44)/t26-,27?,28+,29+/m1/s1. The Labute approximate surface area is 265 Å². The van der Waals surface area contributed by atoms with Crippen molar-refractivity contribution in [3.05, 3.63) is 65.2 Å². The van der Waals surface area contributed by atoms with Crippen LogP contribution in [-0.4, -0.2) is 76.7 Å². The van der Waals surface area contributed by atoms with Gasteiger partial charge in [-0.1, -0.05) is 36.4 Å². The van der Waals surface area contributed by atoms with Gasteiger partial charge >= 0.3 is 6.09 Å². The number of ether oxygens (including phenoxy) is 1. The fourth-order valence-electron chi connectivity index (χ4n) is 5.95. The number of nitrogens with zero attached hydrogens (tertiary/aromatic N) is 1. The van der Waals surface area contributed by atoms with Crippen LogP contribution in [0.4, 0.5) is 10.5 Å². The molecule has 0 spiro atoms. The molecule has 1 fully saturated rings. The predicted molar refractivity (Wildman–Crippen MR) is 171 cm³/mol. The van der Waals surface area contributed by atoms with Gasteiger partial charge in [-0.15, -0.1) is 0 Å². The van der Waals surface area contributed by atoms with Gasteiger partial charge in [0.2, 0.25) is 17.7 Å². The molecule has 11 nitrogen and oxygen atoms in total. The molecule has 244 valence electrons. The van der Waals surface area contributed by atoms with E-state index < -0.39 is 47.7 Å². The number of nitrogens with two attached hydrogens (primary N) is 1. The van der Waals surface area contributed by atoms with E-state index in [0.717, 1.165) is 31.2 Å². The Hall–Kier alpha value is -3.96. The molecule has 6 N–H and O–H groups in total. The quantitative estimate of drug-likeness (QED) is 0.243. The first-order chi connectivity index (χ1) is 21.4. The maximum Gasteiger partial charge on any atom is 0.408 e. The number of anilines is 1. The van der Waals surface area contributed by atoms with Crippen LogP contribution in [0, 0.1) is 0 Å². The highest BCUT2D eigenvalue weighted by atomic mass is 16.6. The number of aliphatic hydroxyl groups is 1. The summed E-state index contributed by atoms with van der Waals surface area (Å²) in [5.41, 5.74) is 9.08. The number of benzene rings is 2. The van der Waals surface area contributed by atoms with Gasteiger partial charge in [0.15, 0.2) is 0 Å². The Bertz CT molecular complexity index is 1340. The molecule has 1 heterocycles. The Morgan fingerprint density at radius 1 is 1.07 bits per heavy atom. The summed E-state index contributed by atoms with van der Waals surface area (Å²) in [5, 5.41) is 18.9. The molecule has 2 aliphatic rings. The number of nitrogens with one attached hydrogen (secondary N) is 3. The molecular formula is C34H47N5O6. The summed E-state index contributed by atoms with van der Waals surface area (Å²) >= 11 is 0. The van der Waals surface area contributed by atoms with E-state index >= 15 is 0 Å². The van der Waals surface area contributed by atoms with Crippen molar-refractivity contribution in [3.8, 4) is 0 Å². The molecule has 1 saturated heterocycles. The summed E-state index contributed by atoms with van der Waals surface area (Å²) in [4.78, 5) is 54.6. The topological polar surface area (TPSA) is 163 Å². The molecule has 4 amide bonds. The summed E-state index contributed by atoms with van der Waals surface area (Å²) in [7, 11) is 0. The number of hydrogen-bond acceptors (Lipinski definition) is 7. The van der Waals surface area contributed by atoms with E-state index in [4.69, 9.17) is 10.5 Å². The number of carbonyl (C=O) groups excluding carboxylic acids is 4. The Balaban J connectivity index is 1.48. The zero-order chi connectivity index (χ0) is 32.6. The van der Waals surface area contributed by atoms with Crippen LogP contribution in [0.25, 0.3) is 0 Å². The van der Waals surface area contributed by atoms with E-state index in [1.807, 2.05) is 48.5 Å². The summed E-state index contributed by atoms with van der Waals surface area (Å²) in [6.07, 6.45) is 2.90. The maximum atomic E-state index is 14.0. The SMILES string of the molecule is CC(C)(C)OC(=O)N[C@@H](CC(O)CN)C(=O)N1C[C@H](NC(=O)CCCc2ccccc2)C[C@H]1C(=O)Nc1ccc2c(c1)CCC2. The van der Waals surface area contributed by atoms with Gasteiger partial charge in [-0.3, -0.25) is 14.4 Å². The van der Waals surface area contributed by atoms with Crippen molar-refractivity contribution in [3.63, 3.8) is 0 Å². The molecule has 4 rings (SSSR count). The van der Waals surface area contributed by atoms with Crippen molar-refractivity contribution in [2.45, 2.75) is 102 Å². The first-order valence-electron chi connectivity index (χ1n) is 15.9. The third kappa shape index (κ3) is 10.0. The lowest BCUT2D eigenvalue weighted by Crippen LogP contribution is -2.54. The monoisotopic (exact) mass is 621 g/mol. The molecule has 0 saturated carbocycles. The molecule has 0 aromatic heterocycles. The Morgan fingerprint density at radius 3 is 2.51 bits per heavy atom. The highest BCUT2D eigenvalue weighted by molar-refractivity contribution is 5.99. The van der Waals surface area contributed by atoms with Gasteiger partial charge in [-0.05, 0) is 88.1 Å². The lowest BCUT2D eigenvalue weighted by Gasteiger charge is -2.30. The number of hydrogen-bond donors (Lipinski definition) is 5. The molecule has 1 unspecified atom stereocenters. The van der Waals surface area contributed by atoms with E-state index in [2.05, 4.69) is 16.0 Å². The van der Waals surface area contributed by atoms with E-state index in [-0.39, 0.29) is 31.8 Å². The number of rotatable bonds is 12. The second-order valence-corrected chi connectivity index (χ2v) is 13.0. The van der Waals surface area contributed by atoms with Crippen LogP contribution < -0.4 is 21.7 Å². The number of aryl methyl sites for hydroxylation is 3. The molecule has 1 aliphatic heterocycles. The van der Waals surface area contributed by atoms with Crippen molar-refractivity contribution >= 4 is 29.5 Å². The van der Waals surface area contributed by atoms with Crippen LogP contribution >= 0.6 is 0 Å². The van der Waals surface area contributed by atoms with Crippen LogP contribution in [-0.2, 0) is 38.4 Å². The van der Waals surface area contributed by atoms with Crippen LogP contribution in [0.1, 0.15) is 69.6 Å². The largest absolute Gasteiger partial charge is 0.444 e. The second kappa shape index (κ2) is 15.4. The molecule has 0 radical (unpaired) electrons. The fraction of sp³-hybridized carbons (Fsp3) is 0.529. The van der Waals surface area contributed by atoms with Gasteiger partial charge in [0, 0.05) is 37.7 Å². The van der Waals surface area contributed by atoms with E-state index in [1.165, 1.54) is 16.0 Å². The molecular weight excluding hydrogens is 574 g/mol. The molecule has 0 bridgehead atoms. The minimum Gasteiger partial charge on any atom is -0.444 e. The number of carbonyl (C=O) groups is 4. The van der Waals surface area contributed by atoms with Gasteiger partial charge in [0.05, 0.1) is 6.10 Å². The second-order valence-electron chi connectivity index (χ2n) is 13.0. The maximum absolute atomic E-state index is 14.0. The highest BCUT2D eigenvalue weighted by Gasteiger charge is 2.43. The molecule has 4 atom stereocenters. The van der Waals surface area contributed by atoms with Crippen molar-refractivity contribution < 1.29 is 29.0 Å². The minimum atomic E-state index is -1.20. The van der Waals surface area contributed by atoms with Crippen molar-refractivity contribution in [2.24, 2.45) is 5.73 Å². The van der Waals surface area contributed by atoms with Gasteiger partial charge in [0.25, 0.3) is 0 Å². The average Bonchev–Trinajstić information content (AvgIpc) is 3.63. The molecule has 2 aromatic carbocycles. The van der Waals surface area contributed by atoms with Crippen LogP contribution in [0.15, 0.2) is 48.5 Å². The first-order valence-corrected chi connectivity index (χ1v) is 15.9. The van der Waals surface area contributed by atoms with E-state index in [9.17, 15) is 24.3 Å². The van der Waals surface area contributed by atoms with Gasteiger partial charge in [0.1, 0.15) is 17.7 Å². The fourth-order valence-corrected chi connectivity index (χ4v) is 5.95. The zero-order valence-corrected chi connectivity index (χ0v) is 26.5. The lowest BCUT2D eigenvalue weighted by atomic mass is 10.1. The van der Waals surface area contributed by atoms with Crippen LogP contribution in [0.5, 0.6) is 0 Å². The number of aliphatic hydroxyl groups excluding tert-OH is 1. The lowest BCUT2D eigenvalue weighted by molar-refractivity contribution is -0.139. The van der Waals surface area contributed by atoms with Crippen LogP contribution in [0.2, 0.25) is 0 Å². The summed E-state index contributed by atoms with van der Waals surface area (Å²) in [6.45, 7) is 5.04. The van der Waals surface area contributed by atoms with Crippen molar-refractivity contribution in [2.75, 3.05) is 18.4 Å². The Morgan fingerprint density at radius 2 is 1.80 bits per heavy atom. The molecule has 11 heteroatoms. The van der Waals surface area contributed by atoms with Gasteiger partial charge in [-0.25, -0.2) is 4.79 Å². The normalized spacial score (nSPS) is 18.9. The summed E-state index contributed by atoms with van der Waals surface area (Å²) in [6, 6.07) is 13.2. The third-order valence-electron chi connectivity index (χ3n) is 8.10. The predicted octanol–water partition coefficient (Wildman–Crippen LogP) is 2.83. The van der Waals surface area contributed by atoms with E-state index in [0.29, 0.717) is 18.5 Å².